The molecule has 0 unspecified atom stereocenters. The summed E-state index contributed by atoms with van der Waals surface area (Å²) in [4.78, 5) is 25.3. The Hall–Kier alpha value is -2.08. The molecule has 1 aromatic carbocycles. The average molecular weight is 293 g/mol. The summed E-state index contributed by atoms with van der Waals surface area (Å²) in [5.41, 5.74) is 0.318. The standard InChI is InChI=1S/C15H19NO5/c1-21-13-6-11(5-12(7-13)15(19)20)14(18)16-4-2-3-10(8-16)9-17/h5-7,10,17H,2-4,8-9H2,1H3,(H,19,20)/t10-/m0/s1. The van der Waals surface area contributed by atoms with E-state index in [9.17, 15) is 14.7 Å². The molecular weight excluding hydrogens is 274 g/mol. The molecule has 6 heteroatoms. The molecule has 1 saturated heterocycles. The minimum Gasteiger partial charge on any atom is -0.497 e. The number of nitrogens with zero attached hydrogens (tertiary/aromatic N) is 1. The molecule has 2 rings (SSSR count). The molecule has 1 aliphatic rings. The second-order valence-electron chi connectivity index (χ2n) is 5.20. The van der Waals surface area contributed by atoms with Crippen molar-refractivity contribution in [3.8, 4) is 5.75 Å². The van der Waals surface area contributed by atoms with Crippen molar-refractivity contribution in [3.05, 3.63) is 29.3 Å². The fourth-order valence-corrected chi connectivity index (χ4v) is 2.54. The maximum Gasteiger partial charge on any atom is 0.335 e. The molecule has 0 spiro atoms. The Morgan fingerprint density at radius 1 is 1.33 bits per heavy atom. The van der Waals surface area contributed by atoms with Crippen LogP contribution in [0.2, 0.25) is 0 Å². The minimum atomic E-state index is -1.10. The normalized spacial score (nSPS) is 18.4. The lowest BCUT2D eigenvalue weighted by atomic mass is 9.98. The molecule has 6 nitrogen and oxygen atoms in total. The van der Waals surface area contributed by atoms with Gasteiger partial charge in [-0.05, 0) is 37.0 Å². The average Bonchev–Trinajstić information content (AvgIpc) is 2.53. The van der Waals surface area contributed by atoms with E-state index in [0.717, 1.165) is 12.8 Å². The number of benzene rings is 1. The number of likely N-dealkylation sites (tertiary alicyclic amines) is 1. The van der Waals surface area contributed by atoms with Gasteiger partial charge in [0.05, 0.1) is 12.7 Å². The van der Waals surface area contributed by atoms with Gasteiger partial charge in [-0.2, -0.15) is 0 Å². The number of carboxylic acid groups (broad SMARTS) is 1. The number of aliphatic hydroxyl groups is 1. The monoisotopic (exact) mass is 293 g/mol. The number of aliphatic hydroxyl groups excluding tert-OH is 1. The number of carbonyl (C=O) groups excluding carboxylic acids is 1. The molecule has 1 heterocycles. The van der Waals surface area contributed by atoms with Crippen LogP contribution in [0.4, 0.5) is 0 Å². The molecule has 1 aromatic rings. The van der Waals surface area contributed by atoms with Crippen LogP contribution >= 0.6 is 0 Å². The molecule has 0 bridgehead atoms. The van der Waals surface area contributed by atoms with Crippen molar-refractivity contribution in [3.63, 3.8) is 0 Å². The fraction of sp³-hybridized carbons (Fsp3) is 0.467. The van der Waals surface area contributed by atoms with Gasteiger partial charge < -0.3 is 19.8 Å². The van der Waals surface area contributed by atoms with Crippen molar-refractivity contribution < 1.29 is 24.5 Å². The first-order valence-corrected chi connectivity index (χ1v) is 6.87. The molecule has 1 amide bonds. The summed E-state index contributed by atoms with van der Waals surface area (Å²) < 4.78 is 5.05. The molecule has 2 N–H and O–H groups in total. The molecule has 0 aliphatic carbocycles. The molecule has 0 saturated carbocycles. The summed E-state index contributed by atoms with van der Waals surface area (Å²) in [5.74, 6) is -0.898. The maximum atomic E-state index is 12.5. The van der Waals surface area contributed by atoms with E-state index >= 15 is 0 Å². The van der Waals surface area contributed by atoms with Gasteiger partial charge in [0, 0.05) is 25.3 Å². The number of carboxylic acids is 1. The number of methoxy groups -OCH3 is 1. The zero-order chi connectivity index (χ0) is 15.4. The van der Waals surface area contributed by atoms with Gasteiger partial charge in [0.1, 0.15) is 5.75 Å². The Labute approximate surface area is 122 Å². The highest BCUT2D eigenvalue weighted by molar-refractivity contribution is 5.98. The molecule has 1 aliphatic heterocycles. The number of aromatic carboxylic acids is 1. The number of hydrogen-bond acceptors (Lipinski definition) is 4. The molecule has 0 radical (unpaired) electrons. The van der Waals surface area contributed by atoms with E-state index in [2.05, 4.69) is 0 Å². The molecule has 1 fully saturated rings. The molecule has 21 heavy (non-hydrogen) atoms. The van der Waals surface area contributed by atoms with Gasteiger partial charge in [0.25, 0.3) is 5.91 Å². The van der Waals surface area contributed by atoms with E-state index in [4.69, 9.17) is 9.84 Å². The highest BCUT2D eigenvalue weighted by Crippen LogP contribution is 2.22. The van der Waals surface area contributed by atoms with E-state index in [0.29, 0.717) is 24.4 Å². The van der Waals surface area contributed by atoms with Crippen LogP contribution < -0.4 is 4.74 Å². The number of carbonyl (C=O) groups is 2. The predicted molar refractivity (Wildman–Crippen MR) is 75.7 cm³/mol. The summed E-state index contributed by atoms with van der Waals surface area (Å²) in [5, 5.41) is 18.3. The first kappa shape index (κ1) is 15.3. The van der Waals surface area contributed by atoms with Crippen molar-refractivity contribution in [2.75, 3.05) is 26.8 Å². The van der Waals surface area contributed by atoms with Crippen molar-refractivity contribution in [2.45, 2.75) is 12.8 Å². The van der Waals surface area contributed by atoms with E-state index in [1.54, 1.807) is 4.90 Å². The Morgan fingerprint density at radius 3 is 2.67 bits per heavy atom. The fourth-order valence-electron chi connectivity index (χ4n) is 2.54. The first-order chi connectivity index (χ1) is 10.0. The van der Waals surface area contributed by atoms with Crippen molar-refractivity contribution in [1.29, 1.82) is 0 Å². The number of rotatable bonds is 4. The highest BCUT2D eigenvalue weighted by atomic mass is 16.5. The van der Waals surface area contributed by atoms with Gasteiger partial charge in [-0.15, -0.1) is 0 Å². The SMILES string of the molecule is COc1cc(C(=O)O)cc(C(=O)N2CCC[C@H](CO)C2)c1. The van der Waals surface area contributed by atoms with Crippen LogP contribution in [0.15, 0.2) is 18.2 Å². The lowest BCUT2D eigenvalue weighted by molar-refractivity contribution is 0.0620. The minimum absolute atomic E-state index is 0.0217. The summed E-state index contributed by atoms with van der Waals surface area (Å²) >= 11 is 0. The van der Waals surface area contributed by atoms with Crippen LogP contribution in [-0.2, 0) is 0 Å². The van der Waals surface area contributed by atoms with Crippen LogP contribution in [-0.4, -0.2) is 53.8 Å². The van der Waals surface area contributed by atoms with Crippen molar-refractivity contribution in [2.24, 2.45) is 5.92 Å². The van der Waals surface area contributed by atoms with E-state index in [-0.39, 0.29) is 24.0 Å². The van der Waals surface area contributed by atoms with Gasteiger partial charge in [-0.3, -0.25) is 4.79 Å². The number of amides is 1. The number of hydrogen-bond donors (Lipinski definition) is 2. The predicted octanol–water partition coefficient (Wildman–Crippen LogP) is 1.24. The summed E-state index contributed by atoms with van der Waals surface area (Å²) in [6.45, 7) is 1.17. The molecule has 0 aromatic heterocycles. The third-order valence-corrected chi connectivity index (χ3v) is 3.70. The lowest BCUT2D eigenvalue weighted by Crippen LogP contribution is -2.41. The summed E-state index contributed by atoms with van der Waals surface area (Å²) in [7, 11) is 1.43. The first-order valence-electron chi connectivity index (χ1n) is 6.87. The zero-order valence-electron chi connectivity index (χ0n) is 11.9. The van der Waals surface area contributed by atoms with E-state index < -0.39 is 5.97 Å². The maximum absolute atomic E-state index is 12.5. The Bertz CT molecular complexity index is 543. The van der Waals surface area contributed by atoms with Crippen LogP contribution in [0.3, 0.4) is 0 Å². The van der Waals surface area contributed by atoms with Crippen LogP contribution in [0, 0.1) is 5.92 Å². The molecule has 1 atom stereocenters. The van der Waals surface area contributed by atoms with Gasteiger partial charge in [0.15, 0.2) is 0 Å². The topological polar surface area (TPSA) is 87.1 Å². The van der Waals surface area contributed by atoms with E-state index in [1.165, 1.54) is 25.3 Å². The van der Waals surface area contributed by atoms with Gasteiger partial charge in [-0.1, -0.05) is 0 Å². The third-order valence-electron chi connectivity index (χ3n) is 3.70. The largest absolute Gasteiger partial charge is 0.497 e. The second kappa shape index (κ2) is 6.58. The second-order valence-corrected chi connectivity index (χ2v) is 5.20. The molecular formula is C15H19NO5. The van der Waals surface area contributed by atoms with Crippen molar-refractivity contribution in [1.82, 2.24) is 4.90 Å². The smallest absolute Gasteiger partial charge is 0.335 e. The van der Waals surface area contributed by atoms with Crippen LogP contribution in [0.25, 0.3) is 0 Å². The number of ether oxygens (including phenoxy) is 1. The number of piperidine rings is 1. The quantitative estimate of drug-likeness (QED) is 0.872. The Balaban J connectivity index is 2.25. The van der Waals surface area contributed by atoms with Crippen LogP contribution in [0.5, 0.6) is 5.75 Å². The zero-order valence-corrected chi connectivity index (χ0v) is 11.9. The van der Waals surface area contributed by atoms with E-state index in [1.807, 2.05) is 0 Å². The van der Waals surface area contributed by atoms with Gasteiger partial charge in [0.2, 0.25) is 0 Å². The van der Waals surface area contributed by atoms with Crippen LogP contribution in [0.1, 0.15) is 33.6 Å². The summed E-state index contributed by atoms with van der Waals surface area (Å²) in [6, 6.07) is 4.28. The third kappa shape index (κ3) is 3.52. The van der Waals surface area contributed by atoms with Crippen molar-refractivity contribution >= 4 is 11.9 Å². The Morgan fingerprint density at radius 2 is 2.05 bits per heavy atom. The van der Waals surface area contributed by atoms with Gasteiger partial charge >= 0.3 is 5.97 Å². The summed E-state index contributed by atoms with van der Waals surface area (Å²) in [6.07, 6.45) is 1.74. The molecule has 114 valence electrons. The highest BCUT2D eigenvalue weighted by Gasteiger charge is 2.25. The lowest BCUT2D eigenvalue weighted by Gasteiger charge is -2.32. The van der Waals surface area contributed by atoms with Gasteiger partial charge in [-0.25, -0.2) is 4.79 Å². The Kier molecular flexibility index (Phi) is 4.80.